The van der Waals surface area contributed by atoms with Crippen LogP contribution in [0.3, 0.4) is 0 Å². The highest BCUT2D eigenvalue weighted by Gasteiger charge is 2.49. The van der Waals surface area contributed by atoms with Gasteiger partial charge in [0, 0.05) is 10.2 Å². The lowest BCUT2D eigenvalue weighted by molar-refractivity contribution is 0.201. The fourth-order valence-electron chi connectivity index (χ4n) is 3.95. The fraction of sp³-hybridized carbons (Fsp3) is 0.562. The molecule has 108 valence electrons. The molecule has 1 aliphatic carbocycles. The summed E-state index contributed by atoms with van der Waals surface area (Å²) < 4.78 is 1.10. The van der Waals surface area contributed by atoms with E-state index in [0.29, 0.717) is 11.9 Å². The highest BCUT2D eigenvalue weighted by molar-refractivity contribution is 9.10. The van der Waals surface area contributed by atoms with Gasteiger partial charge in [-0.25, -0.2) is 0 Å². The number of benzene rings is 1. The predicted octanol–water partition coefficient (Wildman–Crippen LogP) is 3.92. The fourth-order valence-corrected chi connectivity index (χ4v) is 4.21. The summed E-state index contributed by atoms with van der Waals surface area (Å²) in [5, 5.41) is 0. The van der Waals surface area contributed by atoms with Gasteiger partial charge in [0.25, 0.3) is 0 Å². The van der Waals surface area contributed by atoms with E-state index >= 15 is 0 Å². The van der Waals surface area contributed by atoms with Crippen molar-refractivity contribution in [2.24, 2.45) is 16.6 Å². The van der Waals surface area contributed by atoms with Gasteiger partial charge in [-0.05, 0) is 43.0 Å². The number of anilines is 1. The number of rotatable bonds is 2. The third-order valence-corrected chi connectivity index (χ3v) is 5.47. The van der Waals surface area contributed by atoms with E-state index in [0.717, 1.165) is 11.0 Å². The summed E-state index contributed by atoms with van der Waals surface area (Å²) in [6.45, 7) is 3.15. The van der Waals surface area contributed by atoms with Crippen LogP contribution in [-0.2, 0) is 0 Å². The second kappa shape index (κ2) is 5.40. The van der Waals surface area contributed by atoms with Crippen molar-refractivity contribution < 1.29 is 0 Å². The van der Waals surface area contributed by atoms with Crippen molar-refractivity contribution in [2.45, 2.75) is 44.6 Å². The average molecular weight is 336 g/mol. The Balaban J connectivity index is 2.00. The second-order valence-electron chi connectivity index (χ2n) is 5.94. The zero-order chi connectivity index (χ0) is 14.2. The van der Waals surface area contributed by atoms with Crippen LogP contribution in [0.2, 0.25) is 0 Å². The lowest BCUT2D eigenvalue weighted by Gasteiger charge is -2.47. The topological polar surface area (TPSA) is 41.6 Å². The van der Waals surface area contributed by atoms with E-state index in [2.05, 4.69) is 57.0 Å². The van der Waals surface area contributed by atoms with Gasteiger partial charge in [-0.1, -0.05) is 42.1 Å². The highest BCUT2D eigenvalue weighted by atomic mass is 79.9. The summed E-state index contributed by atoms with van der Waals surface area (Å²) in [5.74, 6) is 1.37. The Morgan fingerprint density at radius 1 is 1.35 bits per heavy atom. The molecule has 4 heteroatoms. The Morgan fingerprint density at radius 2 is 2.10 bits per heavy atom. The molecule has 2 atom stereocenters. The van der Waals surface area contributed by atoms with Crippen LogP contribution in [0.4, 0.5) is 5.69 Å². The number of nitrogens with two attached hydrogens (primary N) is 1. The van der Waals surface area contributed by atoms with Gasteiger partial charge in [-0.3, -0.25) is 4.99 Å². The summed E-state index contributed by atoms with van der Waals surface area (Å²) in [4.78, 5) is 6.91. The van der Waals surface area contributed by atoms with Crippen molar-refractivity contribution in [3.05, 3.63) is 28.7 Å². The first kappa shape index (κ1) is 13.9. The van der Waals surface area contributed by atoms with Crippen LogP contribution in [0.25, 0.3) is 0 Å². The molecular formula is C16H22BrN3. The lowest BCUT2D eigenvalue weighted by atomic mass is 9.70. The molecule has 1 aliphatic heterocycles. The largest absolute Gasteiger partial charge is 0.369 e. The van der Waals surface area contributed by atoms with E-state index in [9.17, 15) is 0 Å². The summed E-state index contributed by atoms with van der Waals surface area (Å²) in [6, 6.07) is 8.44. The summed E-state index contributed by atoms with van der Waals surface area (Å²) in [6.07, 6.45) is 6.33. The van der Waals surface area contributed by atoms with E-state index in [1.807, 2.05) is 0 Å². The van der Waals surface area contributed by atoms with Gasteiger partial charge in [-0.2, -0.15) is 0 Å². The van der Waals surface area contributed by atoms with Crippen molar-refractivity contribution >= 4 is 27.6 Å². The van der Waals surface area contributed by atoms with Gasteiger partial charge in [0.1, 0.15) is 0 Å². The van der Waals surface area contributed by atoms with Gasteiger partial charge in [0.2, 0.25) is 0 Å². The van der Waals surface area contributed by atoms with E-state index in [1.165, 1.54) is 37.8 Å². The Labute approximate surface area is 129 Å². The maximum absolute atomic E-state index is 6.24. The maximum Gasteiger partial charge on any atom is 0.196 e. The van der Waals surface area contributed by atoms with Gasteiger partial charge >= 0.3 is 0 Å². The van der Waals surface area contributed by atoms with Crippen LogP contribution in [0.1, 0.15) is 39.0 Å². The van der Waals surface area contributed by atoms with Crippen molar-refractivity contribution in [2.75, 3.05) is 11.4 Å². The molecule has 2 aliphatic rings. The Morgan fingerprint density at radius 3 is 2.80 bits per heavy atom. The molecule has 2 N–H and O–H groups in total. The number of aliphatic imine (C=N–C) groups is 1. The molecule has 0 amide bonds. The van der Waals surface area contributed by atoms with Crippen LogP contribution in [0.15, 0.2) is 33.7 Å². The average Bonchev–Trinajstić information content (AvgIpc) is 2.78. The van der Waals surface area contributed by atoms with Crippen LogP contribution < -0.4 is 10.6 Å². The molecule has 1 saturated carbocycles. The number of halogens is 1. The smallest absolute Gasteiger partial charge is 0.196 e. The Bertz CT molecular complexity index is 511. The first-order valence-electron chi connectivity index (χ1n) is 7.53. The molecule has 2 unspecified atom stereocenters. The molecule has 0 aromatic heterocycles. The first-order valence-corrected chi connectivity index (χ1v) is 8.32. The van der Waals surface area contributed by atoms with Gasteiger partial charge in [-0.15, -0.1) is 0 Å². The molecule has 3 nitrogen and oxygen atoms in total. The Hall–Kier alpha value is -1.03. The van der Waals surface area contributed by atoms with Crippen molar-refractivity contribution in [1.29, 1.82) is 0 Å². The van der Waals surface area contributed by atoms with E-state index in [-0.39, 0.29) is 5.54 Å². The maximum atomic E-state index is 6.24. The standard InChI is InChI=1S/C16H22BrN3/c1-2-12-5-3-4-10-16(12)11-19-15(18)20(16)14-8-6-13(17)7-9-14/h6-9,12H,2-5,10-11H2,1H3,(H2,18,19). The number of guanidine groups is 1. The summed E-state index contributed by atoms with van der Waals surface area (Å²) >= 11 is 3.50. The molecule has 1 aromatic rings. The summed E-state index contributed by atoms with van der Waals surface area (Å²) in [5.41, 5.74) is 7.53. The Kier molecular flexibility index (Phi) is 3.76. The number of hydrogen-bond acceptors (Lipinski definition) is 3. The third kappa shape index (κ3) is 2.14. The number of hydrogen-bond donors (Lipinski definition) is 1. The minimum atomic E-state index is 0.116. The van der Waals surface area contributed by atoms with Crippen LogP contribution in [0.5, 0.6) is 0 Å². The molecule has 0 saturated heterocycles. The van der Waals surface area contributed by atoms with E-state index < -0.39 is 0 Å². The molecule has 1 heterocycles. The quantitative estimate of drug-likeness (QED) is 0.889. The van der Waals surface area contributed by atoms with Crippen LogP contribution >= 0.6 is 15.9 Å². The number of nitrogens with zero attached hydrogens (tertiary/aromatic N) is 2. The van der Waals surface area contributed by atoms with E-state index in [1.54, 1.807) is 0 Å². The normalized spacial score (nSPS) is 29.8. The zero-order valence-electron chi connectivity index (χ0n) is 12.0. The van der Waals surface area contributed by atoms with Gasteiger partial charge in [0.05, 0.1) is 12.1 Å². The molecule has 1 fully saturated rings. The molecule has 20 heavy (non-hydrogen) atoms. The molecule has 1 spiro atoms. The molecule has 0 bridgehead atoms. The highest BCUT2D eigenvalue weighted by Crippen LogP contribution is 2.45. The van der Waals surface area contributed by atoms with Crippen LogP contribution in [0, 0.1) is 5.92 Å². The molecular weight excluding hydrogens is 314 g/mol. The van der Waals surface area contributed by atoms with Crippen LogP contribution in [-0.4, -0.2) is 18.0 Å². The van der Waals surface area contributed by atoms with Crippen molar-refractivity contribution in [3.63, 3.8) is 0 Å². The zero-order valence-corrected chi connectivity index (χ0v) is 13.6. The molecule has 0 radical (unpaired) electrons. The second-order valence-corrected chi connectivity index (χ2v) is 6.86. The lowest BCUT2D eigenvalue weighted by Crippen LogP contribution is -2.57. The third-order valence-electron chi connectivity index (χ3n) is 4.94. The van der Waals surface area contributed by atoms with Crippen molar-refractivity contribution in [1.82, 2.24) is 0 Å². The predicted molar refractivity (Wildman–Crippen MR) is 88.1 cm³/mol. The first-order chi connectivity index (χ1) is 9.67. The van der Waals surface area contributed by atoms with Crippen molar-refractivity contribution in [3.8, 4) is 0 Å². The van der Waals surface area contributed by atoms with Gasteiger partial charge in [0.15, 0.2) is 5.96 Å². The summed E-state index contributed by atoms with van der Waals surface area (Å²) in [7, 11) is 0. The van der Waals surface area contributed by atoms with Gasteiger partial charge < -0.3 is 10.6 Å². The van der Waals surface area contributed by atoms with E-state index in [4.69, 9.17) is 5.73 Å². The monoisotopic (exact) mass is 335 g/mol. The minimum absolute atomic E-state index is 0.116. The molecule has 1 aromatic carbocycles. The molecule has 3 rings (SSSR count). The minimum Gasteiger partial charge on any atom is -0.369 e. The SMILES string of the molecule is CCC1CCCCC12CN=C(N)N2c1ccc(Br)cc1.